The Morgan fingerprint density at radius 2 is 2.00 bits per heavy atom. The molecule has 0 amide bonds. The summed E-state index contributed by atoms with van der Waals surface area (Å²) in [6.07, 6.45) is 0.845. The van der Waals surface area contributed by atoms with Crippen LogP contribution in [0.3, 0.4) is 0 Å². The molecule has 0 aromatic heterocycles. The Morgan fingerprint density at radius 3 is 2.62 bits per heavy atom. The Labute approximate surface area is 97.6 Å². The molecule has 0 fully saturated rings. The lowest BCUT2D eigenvalue weighted by molar-refractivity contribution is 0.00540. The second-order valence-electron chi connectivity index (χ2n) is 4.53. The number of methoxy groups -OCH3 is 1. The van der Waals surface area contributed by atoms with Crippen LogP contribution in [-0.4, -0.2) is 19.3 Å². The van der Waals surface area contributed by atoms with E-state index in [4.69, 9.17) is 15.2 Å². The number of hydrogen-bond acceptors (Lipinski definition) is 3. The molecule has 0 radical (unpaired) electrons. The van der Waals surface area contributed by atoms with Crippen LogP contribution in [-0.2, 0) is 4.74 Å². The van der Waals surface area contributed by atoms with Gasteiger partial charge in [-0.3, -0.25) is 0 Å². The van der Waals surface area contributed by atoms with Gasteiger partial charge in [-0.15, -0.1) is 0 Å². The van der Waals surface area contributed by atoms with Crippen LogP contribution in [0.2, 0.25) is 0 Å². The van der Waals surface area contributed by atoms with Crippen LogP contribution in [0.15, 0.2) is 18.2 Å². The third-order valence-electron chi connectivity index (χ3n) is 2.84. The number of hydrogen-bond donors (Lipinski definition) is 1. The fourth-order valence-electron chi connectivity index (χ4n) is 1.30. The number of benzene rings is 1. The molecule has 3 heteroatoms. The molecule has 0 unspecified atom stereocenters. The molecule has 0 atom stereocenters. The quantitative estimate of drug-likeness (QED) is 0.781. The van der Waals surface area contributed by atoms with Crippen LogP contribution in [0.4, 0.5) is 5.69 Å². The second-order valence-corrected chi connectivity index (χ2v) is 4.53. The number of ether oxygens (including phenoxy) is 2. The summed E-state index contributed by atoms with van der Waals surface area (Å²) in [5, 5.41) is 0. The maximum absolute atomic E-state index is 5.80. The van der Waals surface area contributed by atoms with Crippen LogP contribution >= 0.6 is 0 Å². The molecule has 0 bridgehead atoms. The Morgan fingerprint density at radius 1 is 1.31 bits per heavy atom. The van der Waals surface area contributed by atoms with Crippen LogP contribution in [0, 0.1) is 6.92 Å². The van der Waals surface area contributed by atoms with Gasteiger partial charge >= 0.3 is 0 Å². The monoisotopic (exact) mass is 223 g/mol. The summed E-state index contributed by atoms with van der Waals surface area (Å²) in [5.41, 5.74) is 7.42. The van der Waals surface area contributed by atoms with Crippen LogP contribution < -0.4 is 10.5 Å². The maximum atomic E-state index is 5.80. The summed E-state index contributed by atoms with van der Waals surface area (Å²) in [6, 6.07) is 5.71. The van der Waals surface area contributed by atoms with Crippen molar-refractivity contribution in [1.82, 2.24) is 0 Å². The van der Waals surface area contributed by atoms with Gasteiger partial charge in [0.2, 0.25) is 0 Å². The summed E-state index contributed by atoms with van der Waals surface area (Å²) in [6.45, 7) is 6.68. The third kappa shape index (κ3) is 3.42. The molecule has 0 aliphatic heterocycles. The van der Waals surface area contributed by atoms with Gasteiger partial charge in [-0.1, -0.05) is 6.07 Å². The summed E-state index contributed by atoms with van der Waals surface area (Å²) in [5.74, 6) is 0.854. The van der Waals surface area contributed by atoms with Gasteiger partial charge in [-0.2, -0.15) is 0 Å². The van der Waals surface area contributed by atoms with Crippen molar-refractivity contribution >= 4 is 5.69 Å². The highest BCUT2D eigenvalue weighted by Crippen LogP contribution is 2.23. The van der Waals surface area contributed by atoms with Crippen molar-refractivity contribution in [2.24, 2.45) is 0 Å². The topological polar surface area (TPSA) is 44.5 Å². The van der Waals surface area contributed by atoms with Crippen molar-refractivity contribution in [2.45, 2.75) is 32.8 Å². The number of nitrogens with two attached hydrogens (primary N) is 1. The first kappa shape index (κ1) is 12.8. The van der Waals surface area contributed by atoms with Gasteiger partial charge in [-0.25, -0.2) is 0 Å². The third-order valence-corrected chi connectivity index (χ3v) is 2.84. The van der Waals surface area contributed by atoms with E-state index in [0.29, 0.717) is 6.61 Å². The lowest BCUT2D eigenvalue weighted by atomic mass is 10.1. The summed E-state index contributed by atoms with van der Waals surface area (Å²) in [7, 11) is 1.71. The van der Waals surface area contributed by atoms with E-state index >= 15 is 0 Å². The predicted molar refractivity (Wildman–Crippen MR) is 66.8 cm³/mol. The molecule has 2 N–H and O–H groups in total. The van der Waals surface area contributed by atoms with Crippen molar-refractivity contribution in [1.29, 1.82) is 0 Å². The number of nitrogen functional groups attached to an aromatic ring is 1. The van der Waals surface area contributed by atoms with Crippen LogP contribution in [0.5, 0.6) is 5.75 Å². The van der Waals surface area contributed by atoms with Crippen molar-refractivity contribution in [2.75, 3.05) is 19.5 Å². The standard InChI is InChI=1S/C13H21NO2/c1-10-11(14)6-5-7-12(10)16-9-8-13(2,3)15-4/h5-7H,8-9,14H2,1-4H3. The van der Waals surface area contributed by atoms with Gasteiger partial charge < -0.3 is 15.2 Å². The molecule has 1 rings (SSSR count). The molecule has 16 heavy (non-hydrogen) atoms. The molecule has 1 aromatic rings. The second kappa shape index (κ2) is 5.21. The maximum Gasteiger partial charge on any atom is 0.124 e. The highest BCUT2D eigenvalue weighted by molar-refractivity contribution is 5.53. The molecular formula is C13H21NO2. The molecule has 0 aliphatic carbocycles. The summed E-state index contributed by atoms with van der Waals surface area (Å²) >= 11 is 0. The summed E-state index contributed by atoms with van der Waals surface area (Å²) < 4.78 is 11.0. The normalized spacial score (nSPS) is 11.5. The molecule has 0 saturated carbocycles. The average molecular weight is 223 g/mol. The van der Waals surface area contributed by atoms with E-state index < -0.39 is 0 Å². The van der Waals surface area contributed by atoms with E-state index in [9.17, 15) is 0 Å². The zero-order chi connectivity index (χ0) is 12.2. The molecule has 0 spiro atoms. The van der Waals surface area contributed by atoms with Crippen molar-refractivity contribution in [3.05, 3.63) is 23.8 Å². The van der Waals surface area contributed by atoms with Crippen LogP contribution in [0.1, 0.15) is 25.8 Å². The van der Waals surface area contributed by atoms with E-state index in [2.05, 4.69) is 0 Å². The zero-order valence-electron chi connectivity index (χ0n) is 10.5. The highest BCUT2D eigenvalue weighted by atomic mass is 16.5. The molecule has 0 aliphatic rings. The minimum absolute atomic E-state index is 0.145. The SMILES string of the molecule is COC(C)(C)CCOc1cccc(N)c1C. The molecule has 1 aromatic carbocycles. The molecule has 0 heterocycles. The fraction of sp³-hybridized carbons (Fsp3) is 0.538. The van der Waals surface area contributed by atoms with E-state index in [0.717, 1.165) is 23.4 Å². The minimum atomic E-state index is -0.145. The first-order valence-electron chi connectivity index (χ1n) is 5.49. The molecule has 90 valence electrons. The average Bonchev–Trinajstić information content (AvgIpc) is 2.24. The Hall–Kier alpha value is -1.22. The predicted octanol–water partition coefficient (Wildman–Crippen LogP) is 2.77. The Balaban J connectivity index is 2.53. The lowest BCUT2D eigenvalue weighted by Gasteiger charge is -2.23. The van der Waals surface area contributed by atoms with Crippen molar-refractivity contribution < 1.29 is 9.47 Å². The van der Waals surface area contributed by atoms with E-state index in [-0.39, 0.29) is 5.60 Å². The number of anilines is 1. The smallest absolute Gasteiger partial charge is 0.124 e. The molecule has 0 saturated heterocycles. The first-order chi connectivity index (χ1) is 7.46. The minimum Gasteiger partial charge on any atom is -0.493 e. The van der Waals surface area contributed by atoms with Crippen LogP contribution in [0.25, 0.3) is 0 Å². The van der Waals surface area contributed by atoms with E-state index in [1.807, 2.05) is 39.0 Å². The number of rotatable bonds is 5. The lowest BCUT2D eigenvalue weighted by Crippen LogP contribution is -2.25. The van der Waals surface area contributed by atoms with Gasteiger partial charge in [0.1, 0.15) is 5.75 Å². The van der Waals surface area contributed by atoms with E-state index in [1.165, 1.54) is 0 Å². The Kier molecular flexibility index (Phi) is 4.19. The van der Waals surface area contributed by atoms with Gasteiger partial charge in [0.05, 0.1) is 12.2 Å². The van der Waals surface area contributed by atoms with E-state index in [1.54, 1.807) is 7.11 Å². The van der Waals surface area contributed by atoms with Crippen molar-refractivity contribution in [3.8, 4) is 5.75 Å². The van der Waals surface area contributed by atoms with Gasteiger partial charge in [0, 0.05) is 24.8 Å². The zero-order valence-corrected chi connectivity index (χ0v) is 10.5. The first-order valence-corrected chi connectivity index (χ1v) is 5.49. The Bertz CT molecular complexity index is 348. The summed E-state index contributed by atoms with van der Waals surface area (Å²) in [4.78, 5) is 0. The molecule has 3 nitrogen and oxygen atoms in total. The molecular weight excluding hydrogens is 202 g/mol. The highest BCUT2D eigenvalue weighted by Gasteiger charge is 2.16. The van der Waals surface area contributed by atoms with Gasteiger partial charge in [0.25, 0.3) is 0 Å². The largest absolute Gasteiger partial charge is 0.493 e. The van der Waals surface area contributed by atoms with Gasteiger partial charge in [-0.05, 0) is 32.9 Å². The fourth-order valence-corrected chi connectivity index (χ4v) is 1.30. The van der Waals surface area contributed by atoms with Gasteiger partial charge in [0.15, 0.2) is 0 Å². The van der Waals surface area contributed by atoms with Crippen molar-refractivity contribution in [3.63, 3.8) is 0 Å².